The summed E-state index contributed by atoms with van der Waals surface area (Å²) in [6, 6.07) is 8.68. The number of benzene rings is 2. The third-order valence-corrected chi connectivity index (χ3v) is 5.86. The number of methoxy groups -OCH3 is 1. The lowest BCUT2D eigenvalue weighted by Gasteiger charge is -2.18. The molecule has 5 nitrogen and oxygen atoms in total. The number of hydrogen-bond donors (Lipinski definition) is 1. The number of rotatable bonds is 6. The summed E-state index contributed by atoms with van der Waals surface area (Å²) in [6.45, 7) is 8.21. The Bertz CT molecular complexity index is 978. The van der Waals surface area contributed by atoms with Crippen molar-refractivity contribution in [3.8, 4) is 0 Å². The second-order valence-electron chi connectivity index (χ2n) is 7.95. The molecule has 2 aromatic rings. The molecule has 0 aliphatic carbocycles. The minimum absolute atomic E-state index is 0.0290. The smallest absolute Gasteiger partial charge is 0.340 e. The minimum Gasteiger partial charge on any atom is -0.465 e. The van der Waals surface area contributed by atoms with Crippen LogP contribution in [-0.4, -0.2) is 21.5 Å². The summed E-state index contributed by atoms with van der Waals surface area (Å²) in [4.78, 5) is 11.6. The van der Waals surface area contributed by atoms with Crippen molar-refractivity contribution in [3.05, 3.63) is 58.9 Å². The maximum atomic E-state index is 14.0. The molecule has 0 atom stereocenters. The van der Waals surface area contributed by atoms with E-state index in [4.69, 9.17) is 0 Å². The van der Waals surface area contributed by atoms with Crippen LogP contribution in [0.2, 0.25) is 0 Å². The standard InChI is InChI=1S/C21H26FNO4S/c1-14-12-15(10-11-21(2,3)4)6-9-19(14)28(25,26)23-16-7-8-17(18(22)13-16)20(24)27-5/h6-9,12-13,23H,10-11H2,1-5H3. The number of aryl methyl sites for hydroxylation is 2. The summed E-state index contributed by atoms with van der Waals surface area (Å²) in [5.41, 5.74) is 1.65. The van der Waals surface area contributed by atoms with E-state index in [0.717, 1.165) is 31.6 Å². The molecule has 28 heavy (non-hydrogen) atoms. The number of anilines is 1. The van der Waals surface area contributed by atoms with Crippen molar-refractivity contribution >= 4 is 21.7 Å². The van der Waals surface area contributed by atoms with E-state index >= 15 is 0 Å². The lowest BCUT2D eigenvalue weighted by molar-refractivity contribution is 0.0595. The Balaban J connectivity index is 2.23. The molecule has 0 saturated carbocycles. The molecule has 0 aliphatic rings. The van der Waals surface area contributed by atoms with Crippen molar-refractivity contribution in [2.24, 2.45) is 5.41 Å². The second-order valence-corrected chi connectivity index (χ2v) is 9.60. The summed E-state index contributed by atoms with van der Waals surface area (Å²) in [5, 5.41) is 0. The molecule has 0 saturated heterocycles. The predicted octanol–water partition coefficient (Wildman–Crippen LogP) is 4.70. The highest BCUT2D eigenvalue weighted by atomic mass is 32.2. The number of sulfonamides is 1. The first-order valence-electron chi connectivity index (χ1n) is 8.93. The van der Waals surface area contributed by atoms with Gasteiger partial charge in [-0.25, -0.2) is 17.6 Å². The molecule has 0 radical (unpaired) electrons. The van der Waals surface area contributed by atoms with Crippen LogP contribution in [0.5, 0.6) is 0 Å². The molecule has 152 valence electrons. The summed E-state index contributed by atoms with van der Waals surface area (Å²) in [6.07, 6.45) is 1.85. The van der Waals surface area contributed by atoms with E-state index in [-0.39, 0.29) is 21.6 Å². The minimum atomic E-state index is -3.89. The van der Waals surface area contributed by atoms with Crippen LogP contribution >= 0.6 is 0 Å². The third-order valence-electron chi connectivity index (χ3n) is 4.32. The number of hydrogen-bond acceptors (Lipinski definition) is 4. The molecule has 2 aromatic carbocycles. The molecule has 0 spiro atoms. The monoisotopic (exact) mass is 407 g/mol. The van der Waals surface area contributed by atoms with Gasteiger partial charge in [0.15, 0.2) is 0 Å². The zero-order valence-electron chi connectivity index (χ0n) is 16.8. The fourth-order valence-corrected chi connectivity index (χ4v) is 4.03. The second kappa shape index (κ2) is 8.31. The van der Waals surface area contributed by atoms with Crippen LogP contribution in [0.1, 0.15) is 48.7 Å². The van der Waals surface area contributed by atoms with Gasteiger partial charge in [-0.2, -0.15) is 0 Å². The van der Waals surface area contributed by atoms with Crippen molar-refractivity contribution < 1.29 is 22.3 Å². The van der Waals surface area contributed by atoms with Crippen LogP contribution < -0.4 is 4.72 Å². The van der Waals surface area contributed by atoms with E-state index in [0.29, 0.717) is 5.56 Å². The number of esters is 1. The molecule has 0 unspecified atom stereocenters. The summed E-state index contributed by atoms with van der Waals surface area (Å²) >= 11 is 0. The highest BCUT2D eigenvalue weighted by Gasteiger charge is 2.20. The predicted molar refractivity (Wildman–Crippen MR) is 108 cm³/mol. The molecular formula is C21H26FNO4S. The van der Waals surface area contributed by atoms with Crippen LogP contribution in [0.4, 0.5) is 10.1 Å². The number of nitrogens with one attached hydrogen (secondary N) is 1. The first kappa shape index (κ1) is 21.9. The number of ether oxygens (including phenoxy) is 1. The van der Waals surface area contributed by atoms with E-state index in [2.05, 4.69) is 30.2 Å². The highest BCUT2D eigenvalue weighted by molar-refractivity contribution is 7.92. The maximum Gasteiger partial charge on any atom is 0.340 e. The molecule has 0 amide bonds. The molecule has 0 aromatic heterocycles. The van der Waals surface area contributed by atoms with Crippen LogP contribution in [0.15, 0.2) is 41.3 Å². The largest absolute Gasteiger partial charge is 0.465 e. The van der Waals surface area contributed by atoms with Gasteiger partial charge in [0.25, 0.3) is 10.0 Å². The van der Waals surface area contributed by atoms with Gasteiger partial charge in [0.05, 0.1) is 23.3 Å². The first-order chi connectivity index (χ1) is 12.9. The quantitative estimate of drug-likeness (QED) is 0.705. The Morgan fingerprint density at radius 2 is 1.82 bits per heavy atom. The highest BCUT2D eigenvalue weighted by Crippen LogP contribution is 2.25. The number of carbonyl (C=O) groups excluding carboxylic acids is 1. The third kappa shape index (κ3) is 5.55. The lowest BCUT2D eigenvalue weighted by Crippen LogP contribution is -2.15. The van der Waals surface area contributed by atoms with Crippen molar-refractivity contribution in [2.75, 3.05) is 11.8 Å². The van der Waals surface area contributed by atoms with Gasteiger partial charge in [0.2, 0.25) is 0 Å². The van der Waals surface area contributed by atoms with E-state index in [1.165, 1.54) is 12.1 Å². The zero-order chi connectivity index (χ0) is 21.1. The normalized spacial score (nSPS) is 11.9. The van der Waals surface area contributed by atoms with Gasteiger partial charge in [0, 0.05) is 0 Å². The van der Waals surface area contributed by atoms with Crippen LogP contribution in [0, 0.1) is 18.2 Å². The van der Waals surface area contributed by atoms with Gasteiger partial charge in [0.1, 0.15) is 5.82 Å². The van der Waals surface area contributed by atoms with Gasteiger partial charge in [-0.05, 0) is 60.6 Å². The van der Waals surface area contributed by atoms with Crippen molar-refractivity contribution in [3.63, 3.8) is 0 Å². The molecule has 1 N–H and O–H groups in total. The maximum absolute atomic E-state index is 14.0. The number of halogens is 1. The van der Waals surface area contributed by atoms with Crippen LogP contribution in [0.25, 0.3) is 0 Å². The summed E-state index contributed by atoms with van der Waals surface area (Å²) in [5.74, 6) is -1.69. The zero-order valence-corrected chi connectivity index (χ0v) is 17.6. The molecule has 0 fully saturated rings. The SMILES string of the molecule is COC(=O)c1ccc(NS(=O)(=O)c2ccc(CCC(C)(C)C)cc2C)cc1F. The Hall–Kier alpha value is -2.41. The summed E-state index contributed by atoms with van der Waals surface area (Å²) in [7, 11) is -2.75. The van der Waals surface area contributed by atoms with Gasteiger partial charge in [-0.3, -0.25) is 4.72 Å². The first-order valence-corrected chi connectivity index (χ1v) is 10.4. The Kier molecular flexibility index (Phi) is 6.49. The Morgan fingerprint density at radius 1 is 1.14 bits per heavy atom. The van der Waals surface area contributed by atoms with Gasteiger partial charge in [-0.1, -0.05) is 32.9 Å². The average Bonchev–Trinajstić information content (AvgIpc) is 2.58. The molecule has 2 rings (SSSR count). The average molecular weight is 408 g/mol. The van der Waals surface area contributed by atoms with Gasteiger partial charge in [-0.15, -0.1) is 0 Å². The Labute approximate surface area is 166 Å². The number of carbonyl (C=O) groups is 1. The van der Waals surface area contributed by atoms with E-state index < -0.39 is 21.8 Å². The van der Waals surface area contributed by atoms with Gasteiger partial charge < -0.3 is 4.74 Å². The van der Waals surface area contributed by atoms with Gasteiger partial charge >= 0.3 is 5.97 Å². The van der Waals surface area contributed by atoms with Crippen molar-refractivity contribution in [1.82, 2.24) is 0 Å². The molecule has 0 bridgehead atoms. The molecule has 0 heterocycles. The molecule has 0 aliphatic heterocycles. The lowest BCUT2D eigenvalue weighted by atomic mass is 9.88. The van der Waals surface area contributed by atoms with E-state index in [1.54, 1.807) is 19.1 Å². The molecule has 7 heteroatoms. The topological polar surface area (TPSA) is 72.5 Å². The van der Waals surface area contributed by atoms with E-state index in [1.807, 2.05) is 6.07 Å². The fraction of sp³-hybridized carbons (Fsp3) is 0.381. The van der Waals surface area contributed by atoms with Crippen molar-refractivity contribution in [2.45, 2.75) is 45.4 Å². The summed E-state index contributed by atoms with van der Waals surface area (Å²) < 4.78 is 46.3. The van der Waals surface area contributed by atoms with E-state index in [9.17, 15) is 17.6 Å². The Morgan fingerprint density at radius 3 is 2.36 bits per heavy atom. The molecular weight excluding hydrogens is 381 g/mol. The van der Waals surface area contributed by atoms with Crippen LogP contribution in [-0.2, 0) is 21.2 Å². The fourth-order valence-electron chi connectivity index (χ4n) is 2.75. The van der Waals surface area contributed by atoms with Crippen LogP contribution in [0.3, 0.4) is 0 Å². The van der Waals surface area contributed by atoms with Crippen molar-refractivity contribution in [1.29, 1.82) is 0 Å².